The van der Waals surface area contributed by atoms with Crippen LogP contribution in [0.1, 0.15) is 99.2 Å². The molecule has 0 saturated heterocycles. The molecule has 3 saturated carbocycles. The van der Waals surface area contributed by atoms with E-state index in [4.69, 9.17) is 4.42 Å². The van der Waals surface area contributed by atoms with Gasteiger partial charge in [0, 0.05) is 27.6 Å². The van der Waals surface area contributed by atoms with E-state index in [9.17, 15) is 24.8 Å². The monoisotopic (exact) mass is 587 g/mol. The van der Waals surface area contributed by atoms with Gasteiger partial charge in [0.1, 0.15) is 17.4 Å². The molecule has 43 heavy (non-hydrogen) atoms. The van der Waals surface area contributed by atoms with Crippen molar-refractivity contribution in [3.8, 4) is 6.07 Å². The van der Waals surface area contributed by atoms with Crippen molar-refractivity contribution in [3.63, 3.8) is 0 Å². The van der Waals surface area contributed by atoms with Gasteiger partial charge < -0.3 is 14.8 Å². The molecule has 230 valence electrons. The highest BCUT2D eigenvalue weighted by Gasteiger charge is 2.75. The van der Waals surface area contributed by atoms with Crippen LogP contribution in [-0.2, 0) is 20.9 Å². The summed E-state index contributed by atoms with van der Waals surface area (Å²) in [6.45, 7) is 14.6. The third kappa shape index (κ3) is 3.64. The van der Waals surface area contributed by atoms with E-state index in [2.05, 4.69) is 44.1 Å². The van der Waals surface area contributed by atoms with Gasteiger partial charge in [0.25, 0.3) is 0 Å². The third-order valence-corrected chi connectivity index (χ3v) is 13.7. The number of Topliss-reactive ketones (excluding diaryl/α,β-unsaturated/α-hetero) is 1. The minimum absolute atomic E-state index is 0.0635. The molecular weight excluding hydrogens is 542 g/mol. The summed E-state index contributed by atoms with van der Waals surface area (Å²) in [4.78, 5) is 45.5. The first-order valence-electron chi connectivity index (χ1n) is 15.8. The second-order valence-electron chi connectivity index (χ2n) is 16.1. The van der Waals surface area contributed by atoms with Gasteiger partial charge in [0.05, 0.1) is 18.3 Å². The molecule has 3 fully saturated rings. The largest absolute Gasteiger partial charge is 0.447 e. The molecule has 1 amide bonds. The molecule has 1 heterocycles. The Morgan fingerprint density at radius 3 is 2.42 bits per heavy atom. The number of rotatable bonds is 3. The molecule has 8 nitrogen and oxygen atoms in total. The molecule has 0 radical (unpaired) electrons. The van der Waals surface area contributed by atoms with E-state index < -0.39 is 38.6 Å². The summed E-state index contributed by atoms with van der Waals surface area (Å²) in [5.41, 5.74) is -4.36. The summed E-state index contributed by atoms with van der Waals surface area (Å²) >= 11 is 0. The van der Waals surface area contributed by atoms with Crippen molar-refractivity contribution in [1.82, 2.24) is 10.3 Å². The van der Waals surface area contributed by atoms with E-state index in [1.807, 2.05) is 26.8 Å². The summed E-state index contributed by atoms with van der Waals surface area (Å²) in [5.74, 6) is -0.443. The van der Waals surface area contributed by atoms with Gasteiger partial charge >= 0.3 is 0 Å². The molecule has 0 aliphatic heterocycles. The van der Waals surface area contributed by atoms with Gasteiger partial charge in [-0.25, -0.2) is 4.98 Å². The van der Waals surface area contributed by atoms with Crippen LogP contribution in [0.4, 0.5) is 0 Å². The lowest BCUT2D eigenvalue weighted by Gasteiger charge is -2.71. The van der Waals surface area contributed by atoms with Gasteiger partial charge in [-0.2, -0.15) is 5.26 Å². The van der Waals surface area contributed by atoms with Gasteiger partial charge in [-0.1, -0.05) is 54.5 Å². The maximum Gasteiger partial charge on any atom is 0.226 e. The van der Waals surface area contributed by atoms with Crippen molar-refractivity contribution in [3.05, 3.63) is 41.6 Å². The zero-order chi connectivity index (χ0) is 31.4. The molecule has 0 bridgehead atoms. The lowest BCUT2D eigenvalue weighted by molar-refractivity contribution is -0.242. The lowest BCUT2D eigenvalue weighted by atomic mass is 9.33. The average Bonchev–Trinajstić information content (AvgIpc) is 3.48. The number of oxazole rings is 1. The number of allylic oxidation sites excluding steroid dienone is 3. The maximum atomic E-state index is 14.6. The number of carbonyl (C=O) groups is 3. The molecule has 0 aromatic carbocycles. The first kappa shape index (κ1) is 30.0. The van der Waals surface area contributed by atoms with E-state index in [0.717, 1.165) is 31.3 Å². The highest BCUT2D eigenvalue weighted by Crippen LogP contribution is 2.75. The first-order chi connectivity index (χ1) is 19.9. The molecule has 8 unspecified atom stereocenters. The van der Waals surface area contributed by atoms with E-state index >= 15 is 0 Å². The van der Waals surface area contributed by atoms with Crippen molar-refractivity contribution >= 4 is 17.5 Å². The van der Waals surface area contributed by atoms with Gasteiger partial charge in [-0.15, -0.1) is 0 Å². The van der Waals surface area contributed by atoms with Gasteiger partial charge in [-0.3, -0.25) is 14.4 Å². The summed E-state index contributed by atoms with van der Waals surface area (Å²) in [6, 6.07) is 2.14. The van der Waals surface area contributed by atoms with Crippen LogP contribution in [0.15, 0.2) is 40.3 Å². The Bertz CT molecular complexity index is 1520. The van der Waals surface area contributed by atoms with Crippen molar-refractivity contribution in [1.29, 1.82) is 5.26 Å². The number of amides is 1. The fourth-order valence-electron chi connectivity index (χ4n) is 10.7. The van der Waals surface area contributed by atoms with Crippen LogP contribution >= 0.6 is 0 Å². The van der Waals surface area contributed by atoms with Crippen LogP contribution in [0.3, 0.4) is 0 Å². The van der Waals surface area contributed by atoms with Crippen molar-refractivity contribution in [2.75, 3.05) is 0 Å². The van der Waals surface area contributed by atoms with Crippen LogP contribution in [0.5, 0.6) is 0 Å². The van der Waals surface area contributed by atoms with Gasteiger partial charge in [-0.05, 0) is 73.3 Å². The van der Waals surface area contributed by atoms with Crippen molar-refractivity contribution in [2.24, 2.45) is 44.3 Å². The summed E-state index contributed by atoms with van der Waals surface area (Å²) in [7, 11) is 0. The predicted molar refractivity (Wildman–Crippen MR) is 159 cm³/mol. The fourth-order valence-corrected chi connectivity index (χ4v) is 10.7. The smallest absolute Gasteiger partial charge is 0.226 e. The Kier molecular flexibility index (Phi) is 6.28. The number of carbonyl (C=O) groups excluding carboxylic acids is 3. The maximum absolute atomic E-state index is 14.6. The van der Waals surface area contributed by atoms with Crippen LogP contribution in [0.25, 0.3) is 0 Å². The molecule has 6 rings (SSSR count). The standard InChI is InChI=1S/C35H45N3O5/c1-29(2)23-8-9-33(6)24(32(23,5)15-21(17-36)27(29)40)14-26(39)35(42)25-16-31(4,28(41)38-19-22-18-37-20-43-22)11-10-30(25,3)12-13-34(33,35)7/h14-15,18,20,23,25,42H,8-13,16,19H2,1-7H3,(H,38,41). The highest BCUT2D eigenvalue weighted by atomic mass is 16.3. The number of aromatic nitrogens is 1. The van der Waals surface area contributed by atoms with Crippen molar-refractivity contribution < 1.29 is 23.9 Å². The minimum Gasteiger partial charge on any atom is -0.447 e. The Hall–Kier alpha value is -3.05. The number of nitriles is 1. The first-order valence-corrected chi connectivity index (χ1v) is 15.8. The fraction of sp³-hybridized carbons (Fsp3) is 0.686. The molecule has 1 aromatic rings. The van der Waals surface area contributed by atoms with E-state index in [1.165, 1.54) is 6.39 Å². The molecule has 8 heteroatoms. The number of hydrogen-bond acceptors (Lipinski definition) is 7. The molecule has 8 atom stereocenters. The number of nitrogens with one attached hydrogen (secondary N) is 1. The Labute approximate surface area is 254 Å². The highest BCUT2D eigenvalue weighted by molar-refractivity contribution is 6.05. The van der Waals surface area contributed by atoms with E-state index in [-0.39, 0.29) is 40.9 Å². The Morgan fingerprint density at radius 2 is 1.77 bits per heavy atom. The van der Waals surface area contributed by atoms with Crippen molar-refractivity contribution in [2.45, 2.75) is 106 Å². The quantitative estimate of drug-likeness (QED) is 0.469. The van der Waals surface area contributed by atoms with E-state index in [0.29, 0.717) is 25.0 Å². The molecule has 2 N–H and O–H groups in total. The minimum atomic E-state index is -1.66. The number of aliphatic hydroxyl groups is 1. The number of hydrogen-bond donors (Lipinski definition) is 2. The van der Waals surface area contributed by atoms with Crippen LogP contribution < -0.4 is 5.32 Å². The predicted octanol–water partition coefficient (Wildman–Crippen LogP) is 5.63. The normalized spacial score (nSPS) is 44.9. The van der Waals surface area contributed by atoms with Crippen LogP contribution in [0.2, 0.25) is 0 Å². The van der Waals surface area contributed by atoms with Crippen LogP contribution in [0, 0.1) is 55.7 Å². The third-order valence-electron chi connectivity index (χ3n) is 13.7. The number of fused-ring (bicyclic) bond motifs is 7. The molecule has 5 aliphatic carbocycles. The van der Waals surface area contributed by atoms with Gasteiger partial charge in [0.15, 0.2) is 18.0 Å². The van der Waals surface area contributed by atoms with E-state index in [1.54, 1.807) is 12.3 Å². The molecule has 0 spiro atoms. The topological polar surface area (TPSA) is 133 Å². The second kappa shape index (κ2) is 9.00. The summed E-state index contributed by atoms with van der Waals surface area (Å²) < 4.78 is 5.30. The Balaban J connectivity index is 1.43. The lowest BCUT2D eigenvalue weighted by Crippen LogP contribution is -2.74. The second-order valence-corrected chi connectivity index (χ2v) is 16.1. The molecule has 1 aromatic heterocycles. The Morgan fingerprint density at radius 1 is 1.07 bits per heavy atom. The summed E-state index contributed by atoms with van der Waals surface area (Å²) in [6.07, 6.45) is 11.3. The average molecular weight is 588 g/mol. The number of ketones is 2. The van der Waals surface area contributed by atoms with Gasteiger partial charge in [0.2, 0.25) is 5.91 Å². The SMILES string of the molecule is CC1(C(=O)NCc2cnco2)CCC2(C)CCC3(C)C4(C)CCC5C(C)(C)C(=O)C(C#N)=CC5(C)C4=CC(=O)C3(O)C2C1. The summed E-state index contributed by atoms with van der Waals surface area (Å²) in [5, 5.41) is 26.0. The van der Waals surface area contributed by atoms with Crippen LogP contribution in [-0.4, -0.2) is 33.2 Å². The zero-order valence-corrected chi connectivity index (χ0v) is 26.6. The molecular formula is C35H45N3O5. The molecule has 5 aliphatic rings. The zero-order valence-electron chi connectivity index (χ0n) is 26.6. The number of nitrogens with zero attached hydrogens (tertiary/aromatic N) is 2.